The lowest BCUT2D eigenvalue weighted by atomic mass is 9.84. The molecule has 0 bridgehead atoms. The van der Waals surface area contributed by atoms with Gasteiger partial charge in [0.15, 0.2) is 0 Å². The molecule has 2 N–H and O–H groups in total. The fourth-order valence-electron chi connectivity index (χ4n) is 4.91. The van der Waals surface area contributed by atoms with Crippen LogP contribution in [-0.4, -0.2) is 66.2 Å². The topological polar surface area (TPSA) is 114 Å². The standard InChI is InChI=1S/C35H51N3O6/c1-12-43-32(41)23(4)20-28(22(2)3)38(11)31(40)29(34(5,6)7)37-30(39)27(36-33(42)44-35(8,9)10)21-25-18-15-17-24-16-13-14-19-26(24)25/h13-20,22,27-29H,12,21H2,1-11H3,(H,36,42)(H,37,39)/t27-,28+,29+/m0/s1. The van der Waals surface area contributed by atoms with Gasteiger partial charge in [-0.1, -0.05) is 83.2 Å². The first-order valence-corrected chi connectivity index (χ1v) is 15.2. The van der Waals surface area contributed by atoms with E-state index in [0.717, 1.165) is 16.3 Å². The summed E-state index contributed by atoms with van der Waals surface area (Å²) in [4.78, 5) is 54.8. The number of esters is 1. The van der Waals surface area contributed by atoms with Crippen LogP contribution in [0.5, 0.6) is 0 Å². The van der Waals surface area contributed by atoms with E-state index in [9.17, 15) is 19.2 Å². The quantitative estimate of drug-likeness (QED) is 0.246. The van der Waals surface area contributed by atoms with Crippen molar-refractivity contribution in [3.8, 4) is 0 Å². The number of rotatable bonds is 11. The number of hydrogen-bond acceptors (Lipinski definition) is 6. The molecule has 3 atom stereocenters. The Kier molecular flexibility index (Phi) is 12.6. The average Bonchev–Trinajstić information content (AvgIpc) is 2.91. The lowest BCUT2D eigenvalue weighted by Crippen LogP contribution is -2.60. The van der Waals surface area contributed by atoms with Crippen molar-refractivity contribution in [1.82, 2.24) is 15.5 Å². The molecule has 0 aliphatic carbocycles. The molecule has 3 amide bonds. The summed E-state index contributed by atoms with van der Waals surface area (Å²) in [6, 6.07) is 11.3. The van der Waals surface area contributed by atoms with Crippen molar-refractivity contribution in [1.29, 1.82) is 0 Å². The number of fused-ring (bicyclic) bond motifs is 1. The average molecular weight is 610 g/mol. The number of benzene rings is 2. The van der Waals surface area contributed by atoms with Gasteiger partial charge in [0.25, 0.3) is 0 Å². The Bertz CT molecular complexity index is 1350. The van der Waals surface area contributed by atoms with Crippen molar-refractivity contribution in [2.45, 2.75) is 99.4 Å². The third kappa shape index (κ3) is 10.4. The molecule has 2 aromatic carbocycles. The van der Waals surface area contributed by atoms with Gasteiger partial charge < -0.3 is 25.0 Å². The highest BCUT2D eigenvalue weighted by Gasteiger charge is 2.39. The van der Waals surface area contributed by atoms with Crippen LogP contribution in [0.2, 0.25) is 0 Å². The molecular formula is C35H51N3O6. The molecule has 0 unspecified atom stereocenters. The molecule has 0 saturated heterocycles. The molecule has 0 spiro atoms. The Morgan fingerprint density at radius 2 is 1.55 bits per heavy atom. The molecule has 0 aliphatic heterocycles. The van der Waals surface area contributed by atoms with Crippen molar-refractivity contribution in [3.05, 3.63) is 59.7 Å². The van der Waals surface area contributed by atoms with Gasteiger partial charge >= 0.3 is 12.1 Å². The number of amides is 3. The van der Waals surface area contributed by atoms with Crippen LogP contribution < -0.4 is 10.6 Å². The molecule has 9 heteroatoms. The van der Waals surface area contributed by atoms with E-state index in [-0.39, 0.29) is 24.9 Å². The van der Waals surface area contributed by atoms with Gasteiger partial charge in [0.2, 0.25) is 11.8 Å². The minimum atomic E-state index is -1.02. The summed E-state index contributed by atoms with van der Waals surface area (Å²) in [5, 5.41) is 7.67. The second-order valence-electron chi connectivity index (χ2n) is 13.6. The molecule has 242 valence electrons. The predicted octanol–water partition coefficient (Wildman–Crippen LogP) is 5.80. The first-order chi connectivity index (χ1) is 20.4. The number of nitrogens with one attached hydrogen (secondary N) is 2. The Morgan fingerprint density at radius 1 is 0.932 bits per heavy atom. The Balaban J connectivity index is 2.44. The fourth-order valence-corrected chi connectivity index (χ4v) is 4.91. The first-order valence-electron chi connectivity index (χ1n) is 15.2. The summed E-state index contributed by atoms with van der Waals surface area (Å²) >= 11 is 0. The molecule has 0 heterocycles. The Hall–Kier alpha value is -3.88. The van der Waals surface area contributed by atoms with Crippen LogP contribution in [-0.2, 0) is 30.3 Å². The van der Waals surface area contributed by atoms with E-state index in [1.165, 1.54) is 0 Å². The molecule has 0 aliphatic rings. The van der Waals surface area contributed by atoms with E-state index in [1.54, 1.807) is 52.6 Å². The van der Waals surface area contributed by atoms with Crippen molar-refractivity contribution in [3.63, 3.8) is 0 Å². The minimum Gasteiger partial charge on any atom is -0.463 e. The normalized spacial score (nSPS) is 14.4. The van der Waals surface area contributed by atoms with Crippen LogP contribution in [0, 0.1) is 11.3 Å². The molecular weight excluding hydrogens is 558 g/mol. The molecule has 2 rings (SSSR count). The van der Waals surface area contributed by atoms with Crippen LogP contribution in [0.3, 0.4) is 0 Å². The maximum absolute atomic E-state index is 14.1. The van der Waals surface area contributed by atoms with Crippen LogP contribution in [0.15, 0.2) is 54.1 Å². The zero-order chi connectivity index (χ0) is 33.4. The maximum atomic E-state index is 14.1. The van der Waals surface area contributed by atoms with Gasteiger partial charge in [-0.15, -0.1) is 0 Å². The summed E-state index contributed by atoms with van der Waals surface area (Å²) in [6.45, 7) is 18.4. The monoisotopic (exact) mass is 609 g/mol. The number of nitrogens with zero attached hydrogens (tertiary/aromatic N) is 1. The van der Waals surface area contributed by atoms with Crippen LogP contribution in [0.4, 0.5) is 4.79 Å². The highest BCUT2D eigenvalue weighted by Crippen LogP contribution is 2.25. The van der Waals surface area contributed by atoms with E-state index < -0.39 is 47.1 Å². The highest BCUT2D eigenvalue weighted by atomic mass is 16.6. The molecule has 44 heavy (non-hydrogen) atoms. The van der Waals surface area contributed by atoms with Crippen LogP contribution >= 0.6 is 0 Å². The summed E-state index contributed by atoms with van der Waals surface area (Å²) in [6.07, 6.45) is 1.19. The van der Waals surface area contributed by atoms with Crippen molar-refractivity contribution in [2.75, 3.05) is 13.7 Å². The number of ether oxygens (including phenoxy) is 2. The van der Waals surface area contributed by atoms with E-state index in [4.69, 9.17) is 9.47 Å². The number of alkyl carbamates (subject to hydrolysis) is 1. The highest BCUT2D eigenvalue weighted by molar-refractivity contribution is 5.93. The zero-order valence-corrected chi connectivity index (χ0v) is 28.2. The second kappa shape index (κ2) is 15.2. The smallest absolute Gasteiger partial charge is 0.408 e. The van der Waals surface area contributed by atoms with E-state index in [1.807, 2.05) is 77.1 Å². The fraction of sp³-hybridized carbons (Fsp3) is 0.543. The largest absolute Gasteiger partial charge is 0.463 e. The lowest BCUT2D eigenvalue weighted by molar-refractivity contribution is -0.141. The lowest BCUT2D eigenvalue weighted by Gasteiger charge is -2.38. The summed E-state index contributed by atoms with van der Waals surface area (Å²) in [5.74, 6) is -1.30. The van der Waals surface area contributed by atoms with E-state index in [0.29, 0.717) is 5.57 Å². The van der Waals surface area contributed by atoms with Gasteiger partial charge in [0.05, 0.1) is 12.6 Å². The Labute approximate surface area is 262 Å². The molecule has 0 saturated carbocycles. The molecule has 9 nitrogen and oxygen atoms in total. The molecule has 0 aromatic heterocycles. The molecule has 0 fully saturated rings. The predicted molar refractivity (Wildman–Crippen MR) is 174 cm³/mol. The molecule has 2 aromatic rings. The van der Waals surface area contributed by atoms with Gasteiger partial charge in [-0.25, -0.2) is 9.59 Å². The summed E-state index contributed by atoms with van der Waals surface area (Å²) in [7, 11) is 1.67. The molecule has 0 radical (unpaired) electrons. The van der Waals surface area contributed by atoms with Crippen molar-refractivity contribution < 1.29 is 28.7 Å². The number of carbonyl (C=O) groups excluding carboxylic acids is 4. The van der Waals surface area contributed by atoms with Crippen molar-refractivity contribution in [2.24, 2.45) is 11.3 Å². The van der Waals surface area contributed by atoms with Gasteiger partial charge in [0, 0.05) is 19.0 Å². The summed E-state index contributed by atoms with van der Waals surface area (Å²) in [5.41, 5.74) is -0.177. The third-order valence-electron chi connectivity index (χ3n) is 7.21. The van der Waals surface area contributed by atoms with Gasteiger partial charge in [-0.05, 0) is 62.3 Å². The Morgan fingerprint density at radius 3 is 2.11 bits per heavy atom. The van der Waals surface area contributed by atoms with Gasteiger partial charge in [-0.2, -0.15) is 0 Å². The summed E-state index contributed by atoms with van der Waals surface area (Å²) < 4.78 is 10.6. The van der Waals surface area contributed by atoms with Gasteiger partial charge in [-0.3, -0.25) is 9.59 Å². The minimum absolute atomic E-state index is 0.0300. The van der Waals surface area contributed by atoms with Crippen molar-refractivity contribution >= 4 is 34.6 Å². The van der Waals surface area contributed by atoms with E-state index in [2.05, 4.69) is 10.6 Å². The zero-order valence-electron chi connectivity index (χ0n) is 28.2. The SMILES string of the molecule is CCOC(=O)C(C)=C[C@H](C(C)C)N(C)C(=O)[C@@H](NC(=O)[C@H](Cc1cccc2ccccc12)NC(=O)OC(C)(C)C)C(C)(C)C. The first kappa shape index (κ1) is 36.3. The van der Waals surface area contributed by atoms with E-state index >= 15 is 0 Å². The van der Waals surface area contributed by atoms with Crippen LogP contribution in [0.1, 0.15) is 74.8 Å². The maximum Gasteiger partial charge on any atom is 0.408 e. The number of likely N-dealkylation sites (N-methyl/N-ethyl adjacent to an activating group) is 1. The third-order valence-corrected chi connectivity index (χ3v) is 7.21. The number of carbonyl (C=O) groups is 4. The van der Waals surface area contributed by atoms with Crippen LogP contribution in [0.25, 0.3) is 10.8 Å². The van der Waals surface area contributed by atoms with Gasteiger partial charge in [0.1, 0.15) is 17.7 Å². The second-order valence-corrected chi connectivity index (χ2v) is 13.6. The number of hydrogen-bond donors (Lipinski definition) is 2.